The molecule has 0 spiro atoms. The summed E-state index contributed by atoms with van der Waals surface area (Å²) in [5.41, 5.74) is 3.78. The molecule has 4 nitrogen and oxygen atoms in total. The average Bonchev–Trinajstić information content (AvgIpc) is 3.28. The zero-order chi connectivity index (χ0) is 16.7. The summed E-state index contributed by atoms with van der Waals surface area (Å²) >= 11 is 0. The van der Waals surface area contributed by atoms with Gasteiger partial charge in [0.25, 0.3) is 0 Å². The van der Waals surface area contributed by atoms with Crippen molar-refractivity contribution < 1.29 is 4.79 Å². The van der Waals surface area contributed by atoms with Crippen LogP contribution >= 0.6 is 0 Å². The van der Waals surface area contributed by atoms with Crippen molar-refractivity contribution in [1.82, 2.24) is 14.7 Å². The molecule has 1 saturated carbocycles. The van der Waals surface area contributed by atoms with Gasteiger partial charge in [0.05, 0.1) is 12.2 Å². The van der Waals surface area contributed by atoms with Crippen molar-refractivity contribution in [3.05, 3.63) is 53.3 Å². The molecule has 1 aromatic carbocycles. The molecule has 4 heteroatoms. The molecule has 24 heavy (non-hydrogen) atoms. The summed E-state index contributed by atoms with van der Waals surface area (Å²) < 4.78 is 2.04. The number of hydrogen-bond acceptors (Lipinski definition) is 2. The largest absolute Gasteiger partial charge is 0.340 e. The number of aryl methyl sites for hydroxylation is 2. The van der Waals surface area contributed by atoms with E-state index in [1.54, 1.807) is 0 Å². The van der Waals surface area contributed by atoms with Gasteiger partial charge in [0.2, 0.25) is 5.91 Å². The fourth-order valence-electron chi connectivity index (χ4n) is 3.98. The van der Waals surface area contributed by atoms with Gasteiger partial charge in [0, 0.05) is 25.2 Å². The first-order valence-electron chi connectivity index (χ1n) is 8.98. The van der Waals surface area contributed by atoms with Crippen molar-refractivity contribution in [2.75, 3.05) is 13.1 Å². The Morgan fingerprint density at radius 2 is 2.12 bits per heavy atom. The Balaban J connectivity index is 1.42. The Morgan fingerprint density at radius 1 is 1.25 bits per heavy atom. The zero-order valence-electron chi connectivity index (χ0n) is 14.5. The van der Waals surface area contributed by atoms with Crippen molar-refractivity contribution in [1.29, 1.82) is 0 Å². The fraction of sp³-hybridized carbons (Fsp3) is 0.500. The molecule has 2 aromatic rings. The van der Waals surface area contributed by atoms with Gasteiger partial charge in [0.15, 0.2) is 0 Å². The number of aromatic nitrogens is 2. The SMILES string of the molecule is Cc1cccc([C@@H]2C[C@@H]2C(=O)N2CCC[C@@H](n3cc(C)cn3)C2)c1. The van der Waals surface area contributed by atoms with Gasteiger partial charge >= 0.3 is 0 Å². The molecule has 2 heterocycles. The maximum Gasteiger partial charge on any atom is 0.226 e. The normalized spacial score (nSPS) is 26.4. The third kappa shape index (κ3) is 2.97. The smallest absolute Gasteiger partial charge is 0.226 e. The Hall–Kier alpha value is -2.10. The van der Waals surface area contributed by atoms with E-state index in [2.05, 4.69) is 54.3 Å². The lowest BCUT2D eigenvalue weighted by atomic mass is 10.0. The highest BCUT2D eigenvalue weighted by Gasteiger charge is 2.46. The molecule has 1 saturated heterocycles. The zero-order valence-corrected chi connectivity index (χ0v) is 14.5. The van der Waals surface area contributed by atoms with Gasteiger partial charge in [-0.25, -0.2) is 0 Å². The molecule has 0 N–H and O–H groups in total. The van der Waals surface area contributed by atoms with Gasteiger partial charge in [-0.2, -0.15) is 5.10 Å². The third-order valence-corrected chi connectivity index (χ3v) is 5.39. The molecule has 2 aliphatic rings. The van der Waals surface area contributed by atoms with E-state index in [9.17, 15) is 4.79 Å². The number of amides is 1. The highest BCUT2D eigenvalue weighted by Crippen LogP contribution is 2.49. The predicted octanol–water partition coefficient (Wildman–Crippen LogP) is 3.47. The van der Waals surface area contributed by atoms with E-state index in [-0.39, 0.29) is 5.92 Å². The maximum atomic E-state index is 12.9. The second-order valence-electron chi connectivity index (χ2n) is 7.44. The Kier molecular flexibility index (Phi) is 3.91. The van der Waals surface area contributed by atoms with Crippen LogP contribution in [0.4, 0.5) is 0 Å². The van der Waals surface area contributed by atoms with Crippen molar-refractivity contribution in [3.63, 3.8) is 0 Å². The summed E-state index contributed by atoms with van der Waals surface area (Å²) in [4.78, 5) is 15.0. The molecule has 2 fully saturated rings. The molecule has 0 bridgehead atoms. The molecule has 1 aliphatic heterocycles. The van der Waals surface area contributed by atoms with Gasteiger partial charge in [-0.15, -0.1) is 0 Å². The summed E-state index contributed by atoms with van der Waals surface area (Å²) in [6, 6.07) is 8.93. The van der Waals surface area contributed by atoms with Crippen LogP contribution in [0.2, 0.25) is 0 Å². The van der Waals surface area contributed by atoms with Crippen LogP contribution in [0, 0.1) is 19.8 Å². The summed E-state index contributed by atoms with van der Waals surface area (Å²) in [5.74, 6) is 0.949. The van der Waals surface area contributed by atoms with Gasteiger partial charge in [-0.1, -0.05) is 29.8 Å². The van der Waals surface area contributed by atoms with Crippen molar-refractivity contribution >= 4 is 5.91 Å². The number of benzene rings is 1. The van der Waals surface area contributed by atoms with E-state index in [0.717, 1.165) is 32.4 Å². The van der Waals surface area contributed by atoms with Gasteiger partial charge < -0.3 is 4.90 Å². The minimum Gasteiger partial charge on any atom is -0.340 e. The van der Waals surface area contributed by atoms with E-state index in [1.807, 2.05) is 10.9 Å². The summed E-state index contributed by atoms with van der Waals surface area (Å²) in [7, 11) is 0. The lowest BCUT2D eigenvalue weighted by Crippen LogP contribution is -2.41. The van der Waals surface area contributed by atoms with Crippen LogP contribution in [-0.4, -0.2) is 33.7 Å². The second-order valence-corrected chi connectivity index (χ2v) is 7.44. The van der Waals surface area contributed by atoms with Crippen molar-refractivity contribution in [2.45, 2.75) is 45.1 Å². The summed E-state index contributed by atoms with van der Waals surface area (Å²) in [5, 5.41) is 4.44. The number of piperidine rings is 1. The van der Waals surface area contributed by atoms with Gasteiger partial charge in [-0.3, -0.25) is 9.48 Å². The van der Waals surface area contributed by atoms with E-state index in [0.29, 0.717) is 17.9 Å². The van der Waals surface area contributed by atoms with Crippen LogP contribution in [0.15, 0.2) is 36.7 Å². The number of likely N-dealkylation sites (tertiary alicyclic amines) is 1. The van der Waals surface area contributed by atoms with E-state index >= 15 is 0 Å². The molecule has 4 rings (SSSR count). The minimum absolute atomic E-state index is 0.185. The van der Waals surface area contributed by atoms with Gasteiger partial charge in [-0.05, 0) is 50.2 Å². The lowest BCUT2D eigenvalue weighted by molar-refractivity contribution is -0.134. The van der Waals surface area contributed by atoms with Gasteiger partial charge in [0.1, 0.15) is 0 Å². The molecule has 3 atom stereocenters. The Morgan fingerprint density at radius 3 is 2.88 bits per heavy atom. The number of rotatable bonds is 3. The second kappa shape index (κ2) is 6.08. The first kappa shape index (κ1) is 15.4. The van der Waals surface area contributed by atoms with E-state index in [1.165, 1.54) is 16.7 Å². The number of carbonyl (C=O) groups is 1. The van der Waals surface area contributed by atoms with Crippen LogP contribution < -0.4 is 0 Å². The monoisotopic (exact) mass is 323 g/mol. The molecule has 126 valence electrons. The summed E-state index contributed by atoms with van der Waals surface area (Å²) in [6.07, 6.45) is 7.17. The summed E-state index contributed by atoms with van der Waals surface area (Å²) in [6.45, 7) is 5.87. The highest BCUT2D eigenvalue weighted by molar-refractivity contribution is 5.83. The van der Waals surface area contributed by atoms with Crippen LogP contribution in [0.25, 0.3) is 0 Å². The van der Waals surface area contributed by atoms with E-state index < -0.39 is 0 Å². The van der Waals surface area contributed by atoms with Crippen molar-refractivity contribution in [2.24, 2.45) is 5.92 Å². The quantitative estimate of drug-likeness (QED) is 0.867. The first-order valence-corrected chi connectivity index (χ1v) is 8.98. The number of hydrogen-bond donors (Lipinski definition) is 0. The molecule has 1 amide bonds. The van der Waals surface area contributed by atoms with Crippen molar-refractivity contribution in [3.8, 4) is 0 Å². The first-order chi connectivity index (χ1) is 11.6. The molecule has 1 aliphatic carbocycles. The topological polar surface area (TPSA) is 38.1 Å². The third-order valence-electron chi connectivity index (χ3n) is 5.39. The number of nitrogens with zero attached hydrogens (tertiary/aromatic N) is 3. The fourth-order valence-corrected chi connectivity index (χ4v) is 3.98. The molecular weight excluding hydrogens is 298 g/mol. The minimum atomic E-state index is 0.185. The van der Waals surface area contributed by atoms with Crippen LogP contribution in [0.3, 0.4) is 0 Å². The predicted molar refractivity (Wildman–Crippen MR) is 93.8 cm³/mol. The Bertz CT molecular complexity index is 751. The molecule has 1 aromatic heterocycles. The standard InChI is InChI=1S/C20H25N3O/c1-14-5-3-6-16(9-14)18-10-19(18)20(24)22-8-4-7-17(13-22)23-12-15(2)11-21-23/h3,5-6,9,11-12,17-19H,4,7-8,10,13H2,1-2H3/t17-,18+,19+/m1/s1. The van der Waals surface area contributed by atoms with Crippen LogP contribution in [0.1, 0.15) is 47.9 Å². The van der Waals surface area contributed by atoms with E-state index in [4.69, 9.17) is 0 Å². The highest BCUT2D eigenvalue weighted by atomic mass is 16.2. The van der Waals surface area contributed by atoms with Crippen LogP contribution in [0.5, 0.6) is 0 Å². The Labute approximate surface area is 143 Å². The molecule has 0 unspecified atom stereocenters. The number of carbonyl (C=O) groups excluding carboxylic acids is 1. The maximum absolute atomic E-state index is 12.9. The van der Waals surface area contributed by atoms with Crippen LogP contribution in [-0.2, 0) is 4.79 Å². The molecular formula is C20H25N3O. The molecule has 0 radical (unpaired) electrons. The lowest BCUT2D eigenvalue weighted by Gasteiger charge is -2.33. The average molecular weight is 323 g/mol.